The fourth-order valence-electron chi connectivity index (χ4n) is 3.33. The molecule has 1 N–H and O–H groups in total. The Hall–Kier alpha value is -2.69. The van der Waals surface area contributed by atoms with E-state index in [1.165, 1.54) is 0 Å². The summed E-state index contributed by atoms with van der Waals surface area (Å²) in [6, 6.07) is 9.83. The molecule has 2 heterocycles. The lowest BCUT2D eigenvalue weighted by Crippen LogP contribution is -2.33. The van der Waals surface area contributed by atoms with Gasteiger partial charge >= 0.3 is 0 Å². The average Bonchev–Trinajstić information content (AvgIpc) is 3.01. The standard InChI is InChI=1S/C20H23N3O2/c1-3-16-8-4-6-14(2)19(16)23-13-17(10-18(23)24)20(25)22-12-15-7-5-9-21-11-15/h4-9,11,17H,3,10,12-13H2,1-2H3,(H,22,25). The third-order valence-electron chi connectivity index (χ3n) is 4.66. The second-order valence-electron chi connectivity index (χ2n) is 6.42. The van der Waals surface area contributed by atoms with E-state index in [0.29, 0.717) is 13.1 Å². The topological polar surface area (TPSA) is 62.3 Å². The maximum atomic E-state index is 12.5. The first-order valence-electron chi connectivity index (χ1n) is 8.65. The number of hydrogen-bond donors (Lipinski definition) is 1. The summed E-state index contributed by atoms with van der Waals surface area (Å²) in [5.74, 6) is -0.370. The summed E-state index contributed by atoms with van der Waals surface area (Å²) in [5.41, 5.74) is 4.13. The lowest BCUT2D eigenvalue weighted by Gasteiger charge is -2.22. The SMILES string of the molecule is CCc1cccc(C)c1N1CC(C(=O)NCc2cccnc2)CC1=O. The first-order valence-corrected chi connectivity index (χ1v) is 8.65. The number of anilines is 1. The number of amides is 2. The van der Waals surface area contributed by atoms with Crippen molar-refractivity contribution in [2.75, 3.05) is 11.4 Å². The maximum Gasteiger partial charge on any atom is 0.227 e. The van der Waals surface area contributed by atoms with E-state index in [0.717, 1.165) is 28.8 Å². The summed E-state index contributed by atoms with van der Waals surface area (Å²) in [6.45, 7) is 4.96. The van der Waals surface area contributed by atoms with Gasteiger partial charge in [-0.15, -0.1) is 0 Å². The van der Waals surface area contributed by atoms with E-state index >= 15 is 0 Å². The zero-order valence-electron chi connectivity index (χ0n) is 14.7. The highest BCUT2D eigenvalue weighted by Crippen LogP contribution is 2.31. The van der Waals surface area contributed by atoms with E-state index in [1.807, 2.05) is 37.3 Å². The van der Waals surface area contributed by atoms with Crippen LogP contribution in [-0.4, -0.2) is 23.3 Å². The van der Waals surface area contributed by atoms with E-state index in [2.05, 4.69) is 17.2 Å². The molecule has 0 radical (unpaired) electrons. The number of benzene rings is 1. The van der Waals surface area contributed by atoms with Gasteiger partial charge in [0.2, 0.25) is 11.8 Å². The molecule has 5 heteroatoms. The molecule has 1 aliphatic heterocycles. The van der Waals surface area contributed by atoms with Crippen LogP contribution in [0, 0.1) is 12.8 Å². The van der Waals surface area contributed by atoms with Crippen molar-refractivity contribution < 1.29 is 9.59 Å². The van der Waals surface area contributed by atoms with Crippen LogP contribution in [0.15, 0.2) is 42.7 Å². The summed E-state index contributed by atoms with van der Waals surface area (Å²) in [5, 5.41) is 2.92. The maximum absolute atomic E-state index is 12.5. The first-order chi connectivity index (χ1) is 12.1. The van der Waals surface area contributed by atoms with E-state index in [-0.39, 0.29) is 24.2 Å². The molecule has 1 fully saturated rings. The number of carbonyl (C=O) groups is 2. The summed E-state index contributed by atoms with van der Waals surface area (Å²) < 4.78 is 0. The molecule has 0 saturated carbocycles. The van der Waals surface area contributed by atoms with Crippen molar-refractivity contribution in [1.82, 2.24) is 10.3 Å². The number of aryl methyl sites for hydroxylation is 2. The van der Waals surface area contributed by atoms with Crippen molar-refractivity contribution >= 4 is 17.5 Å². The predicted octanol–water partition coefficient (Wildman–Crippen LogP) is 2.62. The summed E-state index contributed by atoms with van der Waals surface area (Å²) in [7, 11) is 0. The molecule has 2 aromatic rings. The Morgan fingerprint density at radius 1 is 1.32 bits per heavy atom. The highest BCUT2D eigenvalue weighted by molar-refractivity contribution is 6.01. The number of nitrogens with zero attached hydrogens (tertiary/aromatic N) is 2. The van der Waals surface area contributed by atoms with Gasteiger partial charge in [0, 0.05) is 37.6 Å². The number of para-hydroxylation sites is 1. The zero-order valence-corrected chi connectivity index (χ0v) is 14.7. The molecule has 3 rings (SSSR count). The van der Waals surface area contributed by atoms with Crippen LogP contribution in [0.2, 0.25) is 0 Å². The molecule has 0 spiro atoms. The first kappa shape index (κ1) is 17.1. The lowest BCUT2D eigenvalue weighted by atomic mass is 10.0. The predicted molar refractivity (Wildman–Crippen MR) is 97.1 cm³/mol. The number of pyridine rings is 1. The van der Waals surface area contributed by atoms with Crippen molar-refractivity contribution in [3.8, 4) is 0 Å². The minimum atomic E-state index is -0.312. The Bertz CT molecular complexity index is 774. The molecule has 1 saturated heterocycles. The van der Waals surface area contributed by atoms with Gasteiger partial charge in [-0.2, -0.15) is 0 Å². The number of rotatable bonds is 5. The fraction of sp³-hybridized carbons (Fsp3) is 0.350. The van der Waals surface area contributed by atoms with Gasteiger partial charge in [0.15, 0.2) is 0 Å². The fourth-order valence-corrected chi connectivity index (χ4v) is 3.33. The summed E-state index contributed by atoms with van der Waals surface area (Å²) in [4.78, 5) is 30.8. The molecule has 130 valence electrons. The molecule has 0 aliphatic carbocycles. The molecule has 5 nitrogen and oxygen atoms in total. The van der Waals surface area contributed by atoms with E-state index in [1.54, 1.807) is 17.3 Å². The average molecular weight is 337 g/mol. The van der Waals surface area contributed by atoms with Crippen LogP contribution in [0.1, 0.15) is 30.0 Å². The molecule has 1 aliphatic rings. The van der Waals surface area contributed by atoms with Crippen molar-refractivity contribution in [3.63, 3.8) is 0 Å². The van der Waals surface area contributed by atoms with Crippen LogP contribution in [0.5, 0.6) is 0 Å². The van der Waals surface area contributed by atoms with Gasteiger partial charge in [0.25, 0.3) is 0 Å². The van der Waals surface area contributed by atoms with Gasteiger partial charge < -0.3 is 10.2 Å². The van der Waals surface area contributed by atoms with Gasteiger partial charge in [0.05, 0.1) is 5.92 Å². The zero-order chi connectivity index (χ0) is 17.8. The molecule has 1 aromatic carbocycles. The van der Waals surface area contributed by atoms with Crippen LogP contribution in [-0.2, 0) is 22.6 Å². The Balaban J connectivity index is 1.69. The number of hydrogen-bond acceptors (Lipinski definition) is 3. The molecule has 1 unspecified atom stereocenters. The molecular formula is C20H23N3O2. The minimum Gasteiger partial charge on any atom is -0.352 e. The quantitative estimate of drug-likeness (QED) is 0.912. The Kier molecular flexibility index (Phi) is 5.12. The number of nitrogens with one attached hydrogen (secondary N) is 1. The normalized spacial score (nSPS) is 17.0. The van der Waals surface area contributed by atoms with Crippen molar-refractivity contribution in [2.24, 2.45) is 5.92 Å². The van der Waals surface area contributed by atoms with Crippen molar-refractivity contribution in [1.29, 1.82) is 0 Å². The largest absolute Gasteiger partial charge is 0.352 e. The third kappa shape index (κ3) is 3.71. The third-order valence-corrected chi connectivity index (χ3v) is 4.66. The van der Waals surface area contributed by atoms with Crippen LogP contribution in [0.25, 0.3) is 0 Å². The second-order valence-corrected chi connectivity index (χ2v) is 6.42. The van der Waals surface area contributed by atoms with Gasteiger partial charge in [-0.05, 0) is 36.1 Å². The molecule has 25 heavy (non-hydrogen) atoms. The monoisotopic (exact) mass is 337 g/mol. The van der Waals surface area contributed by atoms with E-state index in [9.17, 15) is 9.59 Å². The van der Waals surface area contributed by atoms with Gasteiger partial charge in [-0.1, -0.05) is 31.2 Å². The summed E-state index contributed by atoms with van der Waals surface area (Å²) in [6.07, 6.45) is 4.55. The van der Waals surface area contributed by atoms with E-state index in [4.69, 9.17) is 0 Å². The highest BCUT2D eigenvalue weighted by Gasteiger charge is 2.36. The molecule has 1 aromatic heterocycles. The van der Waals surface area contributed by atoms with Crippen LogP contribution < -0.4 is 10.2 Å². The highest BCUT2D eigenvalue weighted by atomic mass is 16.2. The Morgan fingerprint density at radius 3 is 2.88 bits per heavy atom. The smallest absolute Gasteiger partial charge is 0.227 e. The van der Waals surface area contributed by atoms with Crippen LogP contribution in [0.3, 0.4) is 0 Å². The van der Waals surface area contributed by atoms with Crippen molar-refractivity contribution in [2.45, 2.75) is 33.2 Å². The van der Waals surface area contributed by atoms with Gasteiger partial charge in [-0.25, -0.2) is 0 Å². The van der Waals surface area contributed by atoms with Gasteiger partial charge in [0.1, 0.15) is 0 Å². The number of aromatic nitrogens is 1. The van der Waals surface area contributed by atoms with Gasteiger partial charge in [-0.3, -0.25) is 14.6 Å². The minimum absolute atomic E-state index is 0.0190. The molecule has 2 amide bonds. The van der Waals surface area contributed by atoms with E-state index < -0.39 is 0 Å². The second kappa shape index (κ2) is 7.47. The lowest BCUT2D eigenvalue weighted by molar-refractivity contribution is -0.126. The molecule has 1 atom stereocenters. The van der Waals surface area contributed by atoms with Crippen molar-refractivity contribution in [3.05, 3.63) is 59.4 Å². The summed E-state index contributed by atoms with van der Waals surface area (Å²) >= 11 is 0. The molecular weight excluding hydrogens is 314 g/mol. The molecule has 0 bridgehead atoms. The van der Waals surface area contributed by atoms with Crippen LogP contribution >= 0.6 is 0 Å². The van der Waals surface area contributed by atoms with Crippen LogP contribution in [0.4, 0.5) is 5.69 Å². The Labute approximate surface area is 148 Å². The Morgan fingerprint density at radius 2 is 2.16 bits per heavy atom. The number of carbonyl (C=O) groups excluding carboxylic acids is 2.